The highest BCUT2D eigenvalue weighted by Gasteiger charge is 2.21. The number of carbonyl (C=O) groups is 1. The van der Waals surface area contributed by atoms with Gasteiger partial charge in [0.2, 0.25) is 5.91 Å². The first-order valence-corrected chi connectivity index (χ1v) is 7.93. The van der Waals surface area contributed by atoms with E-state index in [1.165, 1.54) is 12.1 Å². The van der Waals surface area contributed by atoms with Gasteiger partial charge >= 0.3 is 6.61 Å². The fraction of sp³-hybridized carbons (Fsp3) is 0.333. The highest BCUT2D eigenvalue weighted by atomic mass is 35.5. The van der Waals surface area contributed by atoms with E-state index in [0.717, 1.165) is 0 Å². The van der Waals surface area contributed by atoms with Crippen LogP contribution in [0.5, 0.6) is 5.75 Å². The van der Waals surface area contributed by atoms with Crippen molar-refractivity contribution in [1.82, 2.24) is 20.4 Å². The molecule has 0 fully saturated rings. The van der Waals surface area contributed by atoms with Gasteiger partial charge < -0.3 is 15.4 Å². The van der Waals surface area contributed by atoms with E-state index in [9.17, 15) is 13.6 Å². The zero-order valence-corrected chi connectivity index (χ0v) is 14.9. The van der Waals surface area contributed by atoms with Crippen LogP contribution in [0.15, 0.2) is 24.5 Å². The molecule has 1 amide bonds. The van der Waals surface area contributed by atoms with Crippen molar-refractivity contribution in [2.75, 3.05) is 7.05 Å². The summed E-state index contributed by atoms with van der Waals surface area (Å²) in [5, 5.41) is 9.71. The summed E-state index contributed by atoms with van der Waals surface area (Å²) in [5.74, 6) is -0.585. The van der Waals surface area contributed by atoms with Gasteiger partial charge in [0.1, 0.15) is 11.8 Å². The molecule has 0 saturated carbocycles. The monoisotopic (exact) mass is 392 g/mol. The number of likely N-dealkylation sites (N-methyl/N-ethyl adjacent to an activating group) is 1. The molecule has 0 aliphatic carbocycles. The molecule has 1 unspecified atom stereocenters. The molecule has 0 saturated heterocycles. The molecule has 1 atom stereocenters. The van der Waals surface area contributed by atoms with Crippen LogP contribution in [0.25, 0.3) is 0 Å². The van der Waals surface area contributed by atoms with Gasteiger partial charge in [-0.15, -0.1) is 0 Å². The maximum atomic E-state index is 12.6. The summed E-state index contributed by atoms with van der Waals surface area (Å²) < 4.78 is 31.1. The maximum Gasteiger partial charge on any atom is 0.387 e. The molecule has 0 radical (unpaired) electrons. The minimum Gasteiger partial charge on any atom is -0.433 e. The molecule has 1 heterocycles. The summed E-state index contributed by atoms with van der Waals surface area (Å²) in [6, 6.07) is 2.05. The van der Waals surface area contributed by atoms with Crippen molar-refractivity contribution < 1.29 is 18.3 Å². The number of ether oxygens (including phenoxy) is 1. The fourth-order valence-electron chi connectivity index (χ4n) is 2.29. The predicted molar refractivity (Wildman–Crippen MR) is 89.9 cm³/mol. The molecular weight excluding hydrogens is 377 g/mol. The first-order valence-electron chi connectivity index (χ1n) is 7.18. The van der Waals surface area contributed by atoms with Crippen LogP contribution < -0.4 is 15.4 Å². The van der Waals surface area contributed by atoms with Gasteiger partial charge in [-0.25, -0.2) is 0 Å². The summed E-state index contributed by atoms with van der Waals surface area (Å²) in [6.07, 6.45) is 3.25. The SMILES string of the molecule is CNC(C(=O)NCc1cc(Cl)cc(Cl)c1OC(F)F)c1cnn(C)c1. The van der Waals surface area contributed by atoms with Crippen molar-refractivity contribution in [2.45, 2.75) is 19.2 Å². The van der Waals surface area contributed by atoms with Crippen molar-refractivity contribution in [1.29, 1.82) is 0 Å². The second-order valence-corrected chi connectivity index (χ2v) is 5.98. The molecule has 136 valence electrons. The number of nitrogens with one attached hydrogen (secondary N) is 2. The van der Waals surface area contributed by atoms with Crippen LogP contribution in [-0.4, -0.2) is 29.3 Å². The number of halogens is 4. The van der Waals surface area contributed by atoms with E-state index >= 15 is 0 Å². The topological polar surface area (TPSA) is 68.2 Å². The van der Waals surface area contributed by atoms with Gasteiger partial charge in [0.05, 0.1) is 11.2 Å². The van der Waals surface area contributed by atoms with Gasteiger partial charge in [-0.05, 0) is 19.2 Å². The first-order chi connectivity index (χ1) is 11.8. The van der Waals surface area contributed by atoms with Gasteiger partial charge in [-0.3, -0.25) is 9.48 Å². The molecular formula is C15H16Cl2F2N4O2. The molecule has 6 nitrogen and oxygen atoms in total. The van der Waals surface area contributed by atoms with Gasteiger partial charge in [-0.1, -0.05) is 23.2 Å². The van der Waals surface area contributed by atoms with Crippen molar-refractivity contribution in [3.05, 3.63) is 45.7 Å². The van der Waals surface area contributed by atoms with Crippen LogP contribution in [0.1, 0.15) is 17.2 Å². The number of rotatable bonds is 7. The lowest BCUT2D eigenvalue weighted by atomic mass is 10.1. The number of benzene rings is 1. The Morgan fingerprint density at radius 2 is 2.12 bits per heavy atom. The third-order valence-corrected chi connectivity index (χ3v) is 3.85. The first kappa shape index (κ1) is 19.4. The van der Waals surface area contributed by atoms with E-state index in [1.54, 1.807) is 31.2 Å². The third kappa shape index (κ3) is 5.04. The Kier molecular flexibility index (Phi) is 6.57. The molecule has 0 spiro atoms. The van der Waals surface area contributed by atoms with Gasteiger partial charge in [-0.2, -0.15) is 13.9 Å². The Morgan fingerprint density at radius 1 is 1.40 bits per heavy atom. The Labute approximate surface area is 153 Å². The standard InChI is InChI=1S/C15H16Cl2F2N4O2/c1-20-12(9-6-22-23(2)7-9)14(24)21-5-8-3-10(16)4-11(17)13(8)25-15(18)19/h3-4,6-7,12,15,20H,5H2,1-2H3,(H,21,24). The molecule has 2 aromatic rings. The number of nitrogens with zero attached hydrogens (tertiary/aromatic N) is 2. The Bertz CT molecular complexity index is 755. The van der Waals surface area contributed by atoms with E-state index in [1.807, 2.05) is 0 Å². The normalized spacial score (nSPS) is 12.3. The molecule has 2 N–H and O–H groups in total. The number of aromatic nitrogens is 2. The number of amides is 1. The molecule has 0 aliphatic rings. The molecule has 25 heavy (non-hydrogen) atoms. The summed E-state index contributed by atoms with van der Waals surface area (Å²) in [4.78, 5) is 12.4. The maximum absolute atomic E-state index is 12.6. The average Bonchev–Trinajstić information content (AvgIpc) is 2.94. The zero-order valence-electron chi connectivity index (χ0n) is 13.4. The minimum absolute atomic E-state index is 0.0607. The van der Waals surface area contributed by atoms with Crippen LogP contribution in [0.4, 0.5) is 8.78 Å². The van der Waals surface area contributed by atoms with E-state index in [-0.39, 0.29) is 33.8 Å². The number of alkyl halides is 2. The smallest absolute Gasteiger partial charge is 0.387 e. The minimum atomic E-state index is -3.05. The summed E-state index contributed by atoms with van der Waals surface area (Å²) in [7, 11) is 3.36. The summed E-state index contributed by atoms with van der Waals surface area (Å²) >= 11 is 11.8. The Balaban J connectivity index is 2.15. The largest absolute Gasteiger partial charge is 0.433 e. The van der Waals surface area contributed by atoms with Crippen LogP contribution in [0.3, 0.4) is 0 Å². The van der Waals surface area contributed by atoms with Crippen molar-refractivity contribution in [3.63, 3.8) is 0 Å². The number of aryl methyl sites for hydroxylation is 1. The lowest BCUT2D eigenvalue weighted by Gasteiger charge is -2.17. The Morgan fingerprint density at radius 3 is 2.68 bits per heavy atom. The number of hydrogen-bond acceptors (Lipinski definition) is 4. The third-order valence-electron chi connectivity index (χ3n) is 3.35. The van der Waals surface area contributed by atoms with E-state index < -0.39 is 12.7 Å². The molecule has 10 heteroatoms. The molecule has 1 aromatic heterocycles. The van der Waals surface area contributed by atoms with Crippen molar-refractivity contribution in [2.24, 2.45) is 7.05 Å². The molecule has 2 rings (SSSR count). The molecule has 0 aliphatic heterocycles. The summed E-state index contributed by atoms with van der Waals surface area (Å²) in [5.41, 5.74) is 0.905. The lowest BCUT2D eigenvalue weighted by molar-refractivity contribution is -0.123. The van der Waals surface area contributed by atoms with Crippen LogP contribution in [-0.2, 0) is 18.4 Å². The summed E-state index contributed by atoms with van der Waals surface area (Å²) in [6.45, 7) is -3.13. The number of carbonyl (C=O) groups excluding carboxylic acids is 1. The predicted octanol–water partition coefficient (Wildman–Crippen LogP) is 2.91. The van der Waals surface area contributed by atoms with Gasteiger partial charge in [0.25, 0.3) is 0 Å². The van der Waals surface area contributed by atoms with Crippen LogP contribution in [0.2, 0.25) is 10.0 Å². The highest BCUT2D eigenvalue weighted by Crippen LogP contribution is 2.33. The van der Waals surface area contributed by atoms with E-state index in [4.69, 9.17) is 23.2 Å². The zero-order chi connectivity index (χ0) is 18.6. The van der Waals surface area contributed by atoms with Crippen molar-refractivity contribution >= 4 is 29.1 Å². The second kappa shape index (κ2) is 8.46. The quantitative estimate of drug-likeness (QED) is 0.759. The van der Waals surface area contributed by atoms with E-state index in [0.29, 0.717) is 5.56 Å². The average molecular weight is 393 g/mol. The number of hydrogen-bond donors (Lipinski definition) is 2. The van der Waals surface area contributed by atoms with Gasteiger partial charge in [0, 0.05) is 35.9 Å². The molecule has 0 bridgehead atoms. The second-order valence-electron chi connectivity index (χ2n) is 5.14. The lowest BCUT2D eigenvalue weighted by Crippen LogP contribution is -2.35. The van der Waals surface area contributed by atoms with E-state index in [2.05, 4.69) is 20.5 Å². The van der Waals surface area contributed by atoms with Crippen LogP contribution in [0, 0.1) is 0 Å². The van der Waals surface area contributed by atoms with Crippen molar-refractivity contribution in [3.8, 4) is 5.75 Å². The van der Waals surface area contributed by atoms with Crippen LogP contribution >= 0.6 is 23.2 Å². The molecule has 1 aromatic carbocycles. The van der Waals surface area contributed by atoms with Gasteiger partial charge in [0.15, 0.2) is 0 Å². The Hall–Kier alpha value is -1.90. The highest BCUT2D eigenvalue weighted by molar-refractivity contribution is 6.35. The fourth-order valence-corrected chi connectivity index (χ4v) is 2.87.